The van der Waals surface area contributed by atoms with E-state index in [-0.39, 0.29) is 24.4 Å². The smallest absolute Gasteiger partial charge is 0.252 e. The summed E-state index contributed by atoms with van der Waals surface area (Å²) in [6, 6.07) is 19.6. The summed E-state index contributed by atoms with van der Waals surface area (Å²) < 4.78 is 0. The van der Waals surface area contributed by atoms with Crippen LogP contribution in [-0.2, 0) is 9.63 Å². The Hall–Kier alpha value is -3.09. The zero-order valence-electron chi connectivity index (χ0n) is 17.8. The molecule has 7 heteroatoms. The van der Waals surface area contributed by atoms with Crippen LogP contribution in [0.5, 0.6) is 0 Å². The van der Waals surface area contributed by atoms with Crippen LogP contribution in [0.1, 0.15) is 31.1 Å². The van der Waals surface area contributed by atoms with Crippen molar-refractivity contribution in [1.29, 1.82) is 0 Å². The monoisotopic (exact) mass is 441 g/mol. The number of nitrogens with zero attached hydrogens (tertiary/aromatic N) is 2. The van der Waals surface area contributed by atoms with Gasteiger partial charge in [0, 0.05) is 19.3 Å². The lowest BCUT2D eigenvalue weighted by Gasteiger charge is -2.33. The summed E-state index contributed by atoms with van der Waals surface area (Å²) in [6.07, 6.45) is 5.57. The Labute approximate surface area is 189 Å². The number of aliphatic hydroxyl groups is 1. The third-order valence-electron chi connectivity index (χ3n) is 4.70. The first kappa shape index (κ1) is 24.2. The average Bonchev–Trinajstić information content (AvgIpc) is 2.74. The van der Waals surface area contributed by atoms with Gasteiger partial charge in [-0.2, -0.15) is 0 Å². The highest BCUT2D eigenvalue weighted by atomic mass is 35.5. The van der Waals surface area contributed by atoms with Crippen LogP contribution in [0.4, 0.5) is 0 Å². The lowest BCUT2D eigenvalue weighted by Crippen LogP contribution is -2.46. The van der Waals surface area contributed by atoms with Crippen LogP contribution >= 0.6 is 12.4 Å². The molecular formula is C24H28ClN3O3. The highest BCUT2D eigenvalue weighted by molar-refractivity contribution is 5.97. The average molecular weight is 442 g/mol. The van der Waals surface area contributed by atoms with Crippen LogP contribution in [0.25, 0.3) is 0 Å². The number of oxime groups is 1. The van der Waals surface area contributed by atoms with E-state index in [1.807, 2.05) is 74.5 Å². The SMILES string of the molecule is CC(C)NC(=O)C1=CN(C)C(O)(C=NOC(c2ccccc2)c2ccccc2)C=C1.Cl. The number of carbonyl (C=O) groups excluding carboxylic acids is 1. The number of hydrogen-bond donors (Lipinski definition) is 2. The van der Waals surface area contributed by atoms with Crippen LogP contribution in [0.15, 0.2) is 89.7 Å². The van der Waals surface area contributed by atoms with Crippen molar-refractivity contribution in [2.45, 2.75) is 31.7 Å². The van der Waals surface area contributed by atoms with E-state index in [1.165, 1.54) is 17.2 Å². The van der Waals surface area contributed by atoms with Crippen molar-refractivity contribution in [3.63, 3.8) is 0 Å². The number of halogens is 1. The fourth-order valence-electron chi connectivity index (χ4n) is 3.04. The molecule has 2 N–H and O–H groups in total. The van der Waals surface area contributed by atoms with Gasteiger partial charge in [0.1, 0.15) is 6.21 Å². The van der Waals surface area contributed by atoms with Crippen molar-refractivity contribution < 1.29 is 14.7 Å². The summed E-state index contributed by atoms with van der Waals surface area (Å²) >= 11 is 0. The van der Waals surface area contributed by atoms with Crippen molar-refractivity contribution in [3.8, 4) is 0 Å². The first-order chi connectivity index (χ1) is 14.4. The van der Waals surface area contributed by atoms with Gasteiger partial charge in [0.2, 0.25) is 0 Å². The molecule has 0 spiro atoms. The molecule has 1 amide bonds. The van der Waals surface area contributed by atoms with Gasteiger partial charge in [0.15, 0.2) is 11.8 Å². The summed E-state index contributed by atoms with van der Waals surface area (Å²) in [5, 5.41) is 17.8. The molecule has 1 aliphatic heterocycles. The van der Waals surface area contributed by atoms with Gasteiger partial charge in [0.25, 0.3) is 5.91 Å². The number of nitrogens with one attached hydrogen (secondary N) is 1. The Morgan fingerprint density at radius 3 is 2.13 bits per heavy atom. The van der Waals surface area contributed by atoms with Crippen LogP contribution in [0, 0.1) is 0 Å². The fraction of sp³-hybridized carbons (Fsp3) is 0.250. The van der Waals surface area contributed by atoms with Gasteiger partial charge in [-0.25, -0.2) is 0 Å². The molecule has 0 radical (unpaired) electrons. The molecule has 1 heterocycles. The lowest BCUT2D eigenvalue weighted by molar-refractivity contribution is -0.117. The van der Waals surface area contributed by atoms with Crippen LogP contribution < -0.4 is 5.32 Å². The molecule has 0 aromatic heterocycles. The van der Waals surface area contributed by atoms with Crippen molar-refractivity contribution in [2.24, 2.45) is 5.16 Å². The molecule has 2 aromatic rings. The van der Waals surface area contributed by atoms with Gasteiger partial charge in [-0.15, -0.1) is 12.4 Å². The van der Waals surface area contributed by atoms with E-state index >= 15 is 0 Å². The maximum atomic E-state index is 12.2. The predicted molar refractivity (Wildman–Crippen MR) is 125 cm³/mol. The minimum Gasteiger partial charge on any atom is -0.383 e. The zero-order chi connectivity index (χ0) is 21.6. The first-order valence-electron chi connectivity index (χ1n) is 9.86. The zero-order valence-corrected chi connectivity index (χ0v) is 18.6. The summed E-state index contributed by atoms with van der Waals surface area (Å²) in [7, 11) is 1.67. The van der Waals surface area contributed by atoms with E-state index < -0.39 is 11.8 Å². The Morgan fingerprint density at radius 1 is 1.10 bits per heavy atom. The molecular weight excluding hydrogens is 414 g/mol. The van der Waals surface area contributed by atoms with Crippen LogP contribution in [-0.4, -0.2) is 40.9 Å². The Bertz CT molecular complexity index is 906. The Balaban J connectivity index is 0.00000341. The van der Waals surface area contributed by atoms with Gasteiger partial charge < -0.3 is 20.2 Å². The molecule has 3 rings (SSSR count). The molecule has 1 unspecified atom stereocenters. The van der Waals surface area contributed by atoms with Crippen molar-refractivity contribution >= 4 is 24.5 Å². The van der Waals surface area contributed by atoms with Crippen molar-refractivity contribution in [2.75, 3.05) is 7.05 Å². The molecule has 0 saturated carbocycles. The molecule has 0 bridgehead atoms. The number of rotatable bonds is 7. The number of likely N-dealkylation sites (N-methyl/N-ethyl adjacent to an activating group) is 1. The topological polar surface area (TPSA) is 74.2 Å². The molecule has 31 heavy (non-hydrogen) atoms. The van der Waals surface area contributed by atoms with Gasteiger partial charge in [0.05, 0.1) is 5.57 Å². The maximum Gasteiger partial charge on any atom is 0.252 e. The standard InChI is InChI=1S/C24H27N3O3.ClH/c1-18(2)26-23(28)21-14-15-24(29,27(3)16-21)17-25-30-22(19-10-6-4-7-11-19)20-12-8-5-9-13-20;/h4-18,22,29H,1-3H3,(H,26,28);1H. The van der Waals surface area contributed by atoms with Crippen LogP contribution in [0.3, 0.4) is 0 Å². The molecule has 6 nitrogen and oxygen atoms in total. The highest BCUT2D eigenvalue weighted by Crippen LogP contribution is 2.26. The molecule has 1 aliphatic rings. The van der Waals surface area contributed by atoms with Gasteiger partial charge in [-0.1, -0.05) is 65.8 Å². The maximum absolute atomic E-state index is 12.2. The molecule has 0 saturated heterocycles. The summed E-state index contributed by atoms with van der Waals surface area (Å²) in [6.45, 7) is 3.79. The van der Waals surface area contributed by atoms with Gasteiger partial charge >= 0.3 is 0 Å². The second kappa shape index (κ2) is 10.8. The molecule has 0 aliphatic carbocycles. The van der Waals surface area contributed by atoms with Gasteiger partial charge in [-0.3, -0.25) is 4.79 Å². The second-order valence-electron chi connectivity index (χ2n) is 7.48. The Kier molecular flexibility index (Phi) is 8.42. The fourth-order valence-corrected chi connectivity index (χ4v) is 3.04. The first-order valence-corrected chi connectivity index (χ1v) is 9.86. The largest absolute Gasteiger partial charge is 0.383 e. The summed E-state index contributed by atoms with van der Waals surface area (Å²) in [5.74, 6) is -0.198. The molecule has 1 atom stereocenters. The van der Waals surface area contributed by atoms with E-state index in [1.54, 1.807) is 19.3 Å². The third kappa shape index (κ3) is 6.20. The molecule has 2 aromatic carbocycles. The number of amides is 1. The normalized spacial score (nSPS) is 18.1. The Morgan fingerprint density at radius 2 is 1.65 bits per heavy atom. The summed E-state index contributed by atoms with van der Waals surface area (Å²) in [4.78, 5) is 19.5. The van der Waals surface area contributed by atoms with Crippen LogP contribution in [0.2, 0.25) is 0 Å². The predicted octanol–water partition coefficient (Wildman–Crippen LogP) is 3.80. The third-order valence-corrected chi connectivity index (χ3v) is 4.70. The number of benzene rings is 2. The van der Waals surface area contributed by atoms with E-state index in [2.05, 4.69) is 10.5 Å². The van der Waals surface area contributed by atoms with Crippen molar-refractivity contribution in [1.82, 2.24) is 10.2 Å². The highest BCUT2D eigenvalue weighted by Gasteiger charge is 2.30. The van der Waals surface area contributed by atoms with E-state index in [4.69, 9.17) is 4.84 Å². The minimum atomic E-state index is -1.50. The van der Waals surface area contributed by atoms with Crippen molar-refractivity contribution in [3.05, 3.63) is 95.7 Å². The molecule has 0 fully saturated rings. The van der Waals surface area contributed by atoms with Gasteiger partial charge in [-0.05, 0) is 37.1 Å². The number of hydrogen-bond acceptors (Lipinski definition) is 5. The summed E-state index contributed by atoms with van der Waals surface area (Å²) in [5.41, 5.74) is 0.858. The lowest BCUT2D eigenvalue weighted by atomic mass is 10.0. The second-order valence-corrected chi connectivity index (χ2v) is 7.48. The number of carbonyl (C=O) groups is 1. The van der Waals surface area contributed by atoms with E-state index in [0.29, 0.717) is 5.57 Å². The van der Waals surface area contributed by atoms with E-state index in [9.17, 15) is 9.90 Å². The minimum absolute atomic E-state index is 0. The van der Waals surface area contributed by atoms with E-state index in [0.717, 1.165) is 11.1 Å². The molecule has 164 valence electrons. The quantitative estimate of drug-likeness (QED) is 0.506.